The summed E-state index contributed by atoms with van der Waals surface area (Å²) in [4.78, 5) is 6.95. The Kier molecular flexibility index (Phi) is 2.96. The Morgan fingerprint density at radius 1 is 1.56 bits per heavy atom. The molecule has 2 heterocycles. The van der Waals surface area contributed by atoms with Gasteiger partial charge in [0, 0.05) is 30.8 Å². The molecule has 2 bridgehead atoms. The van der Waals surface area contributed by atoms with Crippen molar-refractivity contribution in [1.82, 2.24) is 9.88 Å². The molecule has 0 radical (unpaired) electrons. The van der Waals surface area contributed by atoms with Crippen molar-refractivity contribution in [2.24, 2.45) is 5.92 Å². The predicted octanol–water partition coefficient (Wildman–Crippen LogP) is 2.14. The Labute approximate surface area is 100 Å². The number of aromatic nitrogens is 1. The van der Waals surface area contributed by atoms with Crippen LogP contribution in [0.2, 0.25) is 0 Å². The number of piperidine rings is 1. The van der Waals surface area contributed by atoms with Crippen LogP contribution in [0.1, 0.15) is 24.8 Å². The summed E-state index contributed by atoms with van der Waals surface area (Å²) in [6.45, 7) is 5.20. The van der Waals surface area contributed by atoms with Crippen LogP contribution >= 0.6 is 11.3 Å². The highest BCUT2D eigenvalue weighted by atomic mass is 32.1. The van der Waals surface area contributed by atoms with Crippen LogP contribution in [0, 0.1) is 5.92 Å². The lowest BCUT2D eigenvalue weighted by Crippen LogP contribution is -2.38. The van der Waals surface area contributed by atoms with Gasteiger partial charge in [0.1, 0.15) is 5.01 Å². The zero-order chi connectivity index (χ0) is 11.0. The third kappa shape index (κ3) is 1.90. The molecule has 0 amide bonds. The van der Waals surface area contributed by atoms with Gasteiger partial charge in [0.15, 0.2) is 0 Å². The molecule has 2 aliphatic rings. The Hall–Kier alpha value is -0.450. The van der Waals surface area contributed by atoms with E-state index in [1.165, 1.54) is 24.4 Å². The minimum atomic E-state index is 0.530. The number of fused-ring (bicyclic) bond motifs is 2. The molecule has 1 aliphatic carbocycles. The molecule has 1 aromatic heterocycles. The van der Waals surface area contributed by atoms with Gasteiger partial charge in [0.25, 0.3) is 0 Å². The summed E-state index contributed by atoms with van der Waals surface area (Å²) < 4.78 is 5.78. The van der Waals surface area contributed by atoms with E-state index in [2.05, 4.69) is 22.2 Å². The van der Waals surface area contributed by atoms with Crippen LogP contribution in [0.4, 0.5) is 0 Å². The lowest BCUT2D eigenvalue weighted by Gasteiger charge is -2.30. The van der Waals surface area contributed by atoms with E-state index in [0.29, 0.717) is 6.10 Å². The molecule has 0 spiro atoms. The average molecular weight is 238 g/mol. The normalized spacial score (nSPS) is 33.7. The van der Waals surface area contributed by atoms with Gasteiger partial charge < -0.3 is 4.74 Å². The smallest absolute Gasteiger partial charge is 0.107 e. The number of hydrogen-bond acceptors (Lipinski definition) is 4. The van der Waals surface area contributed by atoms with Crippen LogP contribution in [0.3, 0.4) is 0 Å². The maximum atomic E-state index is 5.78. The van der Waals surface area contributed by atoms with Gasteiger partial charge in [-0.2, -0.15) is 0 Å². The molecule has 1 aromatic rings. The Bertz CT molecular complexity index is 341. The lowest BCUT2D eigenvalue weighted by molar-refractivity contribution is 0.00474. The van der Waals surface area contributed by atoms with Crippen molar-refractivity contribution in [2.75, 3.05) is 13.2 Å². The maximum Gasteiger partial charge on any atom is 0.107 e. The maximum absolute atomic E-state index is 5.78. The predicted molar refractivity (Wildman–Crippen MR) is 64.5 cm³/mol. The van der Waals surface area contributed by atoms with Gasteiger partial charge in [-0.1, -0.05) is 0 Å². The summed E-state index contributed by atoms with van der Waals surface area (Å²) in [5, 5.41) is 3.31. The Morgan fingerprint density at radius 3 is 3.12 bits per heavy atom. The lowest BCUT2D eigenvalue weighted by atomic mass is 10.1. The van der Waals surface area contributed by atoms with E-state index in [9.17, 15) is 0 Å². The van der Waals surface area contributed by atoms with Gasteiger partial charge in [-0.25, -0.2) is 4.98 Å². The fourth-order valence-corrected chi connectivity index (χ4v) is 3.76. The van der Waals surface area contributed by atoms with Gasteiger partial charge in [0.2, 0.25) is 0 Å². The van der Waals surface area contributed by atoms with E-state index in [-0.39, 0.29) is 0 Å². The highest BCUT2D eigenvalue weighted by Gasteiger charge is 2.44. The number of likely N-dealkylation sites (tertiary alicyclic amines) is 1. The second-order valence-electron chi connectivity index (χ2n) is 4.73. The fourth-order valence-electron chi connectivity index (χ4n) is 3.12. The largest absolute Gasteiger partial charge is 0.378 e. The topological polar surface area (TPSA) is 25.4 Å². The molecule has 0 N–H and O–H groups in total. The van der Waals surface area contributed by atoms with Crippen LogP contribution in [-0.4, -0.2) is 35.2 Å². The Morgan fingerprint density at radius 2 is 2.50 bits per heavy atom. The molecule has 2 unspecified atom stereocenters. The summed E-state index contributed by atoms with van der Waals surface area (Å²) in [6, 6.07) is 0.741. The van der Waals surface area contributed by atoms with Gasteiger partial charge >= 0.3 is 0 Å². The summed E-state index contributed by atoms with van der Waals surface area (Å²) in [6.07, 6.45) is 4.99. The number of ether oxygens (including phenoxy) is 1. The molecule has 0 aromatic carbocycles. The Balaban J connectivity index is 1.58. The van der Waals surface area contributed by atoms with E-state index in [1.807, 2.05) is 6.20 Å². The second kappa shape index (κ2) is 4.43. The van der Waals surface area contributed by atoms with E-state index in [0.717, 1.165) is 25.1 Å². The first-order valence-electron chi connectivity index (χ1n) is 6.11. The van der Waals surface area contributed by atoms with Crippen molar-refractivity contribution in [3.63, 3.8) is 0 Å². The van der Waals surface area contributed by atoms with E-state index >= 15 is 0 Å². The highest BCUT2D eigenvalue weighted by molar-refractivity contribution is 7.09. The molecular formula is C12H18N2OS. The number of rotatable bonds is 4. The van der Waals surface area contributed by atoms with Crippen LogP contribution < -0.4 is 0 Å². The van der Waals surface area contributed by atoms with Crippen LogP contribution in [-0.2, 0) is 11.3 Å². The van der Waals surface area contributed by atoms with E-state index < -0.39 is 0 Å². The molecule has 2 fully saturated rings. The first-order valence-corrected chi connectivity index (χ1v) is 6.98. The molecule has 88 valence electrons. The monoisotopic (exact) mass is 238 g/mol. The van der Waals surface area contributed by atoms with Gasteiger partial charge in [-0.15, -0.1) is 11.3 Å². The van der Waals surface area contributed by atoms with Gasteiger partial charge in [-0.05, 0) is 25.7 Å². The highest BCUT2D eigenvalue weighted by Crippen LogP contribution is 2.40. The van der Waals surface area contributed by atoms with Crippen LogP contribution in [0.25, 0.3) is 0 Å². The van der Waals surface area contributed by atoms with Crippen LogP contribution in [0.5, 0.6) is 0 Å². The fraction of sp³-hybridized carbons (Fsp3) is 0.750. The molecule has 3 rings (SSSR count). The molecule has 3 nitrogen and oxygen atoms in total. The number of nitrogens with zero attached hydrogens (tertiary/aromatic N) is 2. The summed E-state index contributed by atoms with van der Waals surface area (Å²) >= 11 is 1.76. The van der Waals surface area contributed by atoms with Crippen molar-refractivity contribution in [1.29, 1.82) is 0 Å². The third-order valence-electron chi connectivity index (χ3n) is 3.79. The minimum absolute atomic E-state index is 0.530. The van der Waals surface area contributed by atoms with E-state index in [1.54, 1.807) is 11.3 Å². The van der Waals surface area contributed by atoms with Crippen molar-refractivity contribution in [3.8, 4) is 0 Å². The third-order valence-corrected chi connectivity index (χ3v) is 4.56. The first kappa shape index (κ1) is 10.7. The summed E-state index contributed by atoms with van der Waals surface area (Å²) in [5.74, 6) is 0.768. The molecule has 3 atom stereocenters. The van der Waals surface area contributed by atoms with Crippen molar-refractivity contribution < 1.29 is 4.74 Å². The molecule has 1 aliphatic heterocycles. The van der Waals surface area contributed by atoms with Gasteiger partial charge in [0.05, 0.1) is 12.6 Å². The summed E-state index contributed by atoms with van der Waals surface area (Å²) in [5.41, 5.74) is 0. The molecule has 1 saturated carbocycles. The van der Waals surface area contributed by atoms with Gasteiger partial charge in [-0.3, -0.25) is 4.90 Å². The minimum Gasteiger partial charge on any atom is -0.378 e. The van der Waals surface area contributed by atoms with Crippen molar-refractivity contribution >= 4 is 11.3 Å². The standard InChI is InChI=1S/C12H18N2OS/c1-2-15-11-6-10-5-9(11)7-14(10)8-12-13-3-4-16-12/h3-4,9-11H,2,5-8H2,1H3/t9?,10?,11-/m1/s1. The molecule has 16 heavy (non-hydrogen) atoms. The van der Waals surface area contributed by atoms with E-state index in [4.69, 9.17) is 4.74 Å². The SMILES string of the molecule is CCO[C@@H]1CC2CC1CN2Cc1nccs1. The summed E-state index contributed by atoms with van der Waals surface area (Å²) in [7, 11) is 0. The van der Waals surface area contributed by atoms with Crippen molar-refractivity contribution in [3.05, 3.63) is 16.6 Å². The zero-order valence-electron chi connectivity index (χ0n) is 9.63. The van der Waals surface area contributed by atoms with Crippen LogP contribution in [0.15, 0.2) is 11.6 Å². The zero-order valence-corrected chi connectivity index (χ0v) is 10.4. The molecular weight excluding hydrogens is 220 g/mol. The quantitative estimate of drug-likeness (QED) is 0.803. The molecule has 4 heteroatoms. The number of hydrogen-bond donors (Lipinski definition) is 0. The van der Waals surface area contributed by atoms with Crippen molar-refractivity contribution in [2.45, 2.75) is 38.5 Å². The second-order valence-corrected chi connectivity index (χ2v) is 5.71. The average Bonchev–Trinajstić information content (AvgIpc) is 2.95. The molecule has 1 saturated heterocycles. The number of thiazole rings is 1. The first-order chi connectivity index (χ1) is 7.86.